The Morgan fingerprint density at radius 2 is 1.48 bits per heavy atom. The summed E-state index contributed by atoms with van der Waals surface area (Å²) >= 11 is 0. The van der Waals surface area contributed by atoms with Gasteiger partial charge in [-0.3, -0.25) is 20.4 Å². The van der Waals surface area contributed by atoms with Crippen molar-refractivity contribution in [1.82, 2.24) is 10.9 Å². The second-order valence-corrected chi connectivity index (χ2v) is 5.31. The molecule has 2 N–H and O–H groups in total. The second kappa shape index (κ2) is 7.00. The number of hydrogen-bond donors (Lipinski definition) is 2. The van der Waals surface area contributed by atoms with Gasteiger partial charge in [-0.25, -0.2) is 4.39 Å². The van der Waals surface area contributed by atoms with E-state index in [0.29, 0.717) is 11.3 Å². The highest BCUT2D eigenvalue weighted by atomic mass is 19.1. The third kappa shape index (κ3) is 3.58. The summed E-state index contributed by atoms with van der Waals surface area (Å²) < 4.78 is 18.1. The van der Waals surface area contributed by atoms with E-state index in [1.54, 1.807) is 12.1 Å². The number of rotatable bonds is 3. The highest BCUT2D eigenvalue weighted by molar-refractivity contribution is 6.03. The molecule has 0 saturated heterocycles. The largest absolute Gasteiger partial charge is 0.496 e. The van der Waals surface area contributed by atoms with Gasteiger partial charge >= 0.3 is 0 Å². The summed E-state index contributed by atoms with van der Waals surface area (Å²) in [5.74, 6) is -1.11. The molecular formula is C19H15FN2O3. The van der Waals surface area contributed by atoms with Gasteiger partial charge in [-0.05, 0) is 47.2 Å². The molecule has 3 aromatic carbocycles. The molecule has 3 rings (SSSR count). The summed E-state index contributed by atoms with van der Waals surface area (Å²) in [5, 5.41) is 1.81. The predicted octanol–water partition coefficient (Wildman–Crippen LogP) is 3.06. The van der Waals surface area contributed by atoms with Crippen molar-refractivity contribution in [3.63, 3.8) is 0 Å². The predicted molar refractivity (Wildman–Crippen MR) is 91.8 cm³/mol. The standard InChI is InChI=1S/C19H15FN2O3/c1-25-17-11-14-5-3-2-4-13(14)10-16(17)19(24)22-21-18(23)12-6-8-15(20)9-7-12/h2-11H,1H3,(H,21,23)(H,22,24). The molecule has 6 heteroatoms. The fourth-order valence-corrected chi connectivity index (χ4v) is 2.42. The van der Waals surface area contributed by atoms with Crippen molar-refractivity contribution in [2.24, 2.45) is 0 Å². The Hall–Kier alpha value is -3.41. The Bertz CT molecular complexity index is 939. The lowest BCUT2D eigenvalue weighted by Crippen LogP contribution is -2.41. The van der Waals surface area contributed by atoms with E-state index in [1.165, 1.54) is 31.4 Å². The summed E-state index contributed by atoms with van der Waals surface area (Å²) in [7, 11) is 1.47. The van der Waals surface area contributed by atoms with Gasteiger partial charge in [0.1, 0.15) is 11.6 Å². The van der Waals surface area contributed by atoms with Crippen LogP contribution in [-0.4, -0.2) is 18.9 Å². The van der Waals surface area contributed by atoms with Crippen LogP contribution >= 0.6 is 0 Å². The molecule has 0 aliphatic carbocycles. The van der Waals surface area contributed by atoms with Gasteiger partial charge < -0.3 is 4.74 Å². The van der Waals surface area contributed by atoms with Gasteiger partial charge in [-0.15, -0.1) is 0 Å². The number of fused-ring (bicyclic) bond motifs is 1. The Morgan fingerprint density at radius 1 is 0.880 bits per heavy atom. The molecule has 0 aromatic heterocycles. The molecule has 0 spiro atoms. The van der Waals surface area contributed by atoms with Crippen molar-refractivity contribution < 1.29 is 18.7 Å². The fraction of sp³-hybridized carbons (Fsp3) is 0.0526. The van der Waals surface area contributed by atoms with Crippen molar-refractivity contribution in [2.75, 3.05) is 7.11 Å². The van der Waals surface area contributed by atoms with Crippen LogP contribution in [-0.2, 0) is 0 Å². The molecule has 0 aliphatic heterocycles. The first kappa shape index (κ1) is 16.4. The number of carbonyl (C=O) groups excluding carboxylic acids is 2. The molecule has 5 nitrogen and oxygen atoms in total. The molecule has 0 heterocycles. The number of methoxy groups -OCH3 is 1. The summed E-state index contributed by atoms with van der Waals surface area (Å²) in [6, 6.07) is 16.0. The van der Waals surface area contributed by atoms with E-state index in [2.05, 4.69) is 10.9 Å². The topological polar surface area (TPSA) is 67.4 Å². The SMILES string of the molecule is COc1cc2ccccc2cc1C(=O)NNC(=O)c1ccc(F)cc1. The average molecular weight is 338 g/mol. The zero-order valence-corrected chi connectivity index (χ0v) is 13.4. The average Bonchev–Trinajstić information content (AvgIpc) is 2.65. The third-order valence-corrected chi connectivity index (χ3v) is 3.71. The molecule has 126 valence electrons. The van der Waals surface area contributed by atoms with Gasteiger partial charge in [0, 0.05) is 5.56 Å². The number of hydrogen-bond acceptors (Lipinski definition) is 3. The second-order valence-electron chi connectivity index (χ2n) is 5.31. The number of nitrogens with one attached hydrogen (secondary N) is 2. The van der Waals surface area contributed by atoms with E-state index in [-0.39, 0.29) is 5.56 Å². The van der Waals surface area contributed by atoms with E-state index in [1.807, 2.05) is 24.3 Å². The van der Waals surface area contributed by atoms with Crippen LogP contribution < -0.4 is 15.6 Å². The molecular weight excluding hydrogens is 323 g/mol. The maximum atomic E-state index is 12.9. The summed E-state index contributed by atoms with van der Waals surface area (Å²) in [4.78, 5) is 24.4. The molecule has 0 atom stereocenters. The highest BCUT2D eigenvalue weighted by Gasteiger charge is 2.15. The number of halogens is 1. The lowest BCUT2D eigenvalue weighted by atomic mass is 10.1. The van der Waals surface area contributed by atoms with Crippen molar-refractivity contribution in [2.45, 2.75) is 0 Å². The van der Waals surface area contributed by atoms with Gasteiger partial charge in [0.25, 0.3) is 11.8 Å². The zero-order chi connectivity index (χ0) is 17.8. The molecule has 0 bridgehead atoms. The minimum Gasteiger partial charge on any atom is -0.496 e. The normalized spacial score (nSPS) is 10.3. The maximum absolute atomic E-state index is 12.9. The highest BCUT2D eigenvalue weighted by Crippen LogP contribution is 2.25. The molecule has 0 saturated carbocycles. The van der Waals surface area contributed by atoms with Crippen molar-refractivity contribution in [1.29, 1.82) is 0 Å². The van der Waals surface area contributed by atoms with Crippen LogP contribution in [0, 0.1) is 5.82 Å². The van der Waals surface area contributed by atoms with Crippen LogP contribution in [0.1, 0.15) is 20.7 Å². The Balaban J connectivity index is 1.77. The van der Waals surface area contributed by atoms with E-state index in [9.17, 15) is 14.0 Å². The number of hydrazine groups is 1. The van der Waals surface area contributed by atoms with Crippen LogP contribution in [0.5, 0.6) is 5.75 Å². The Morgan fingerprint density at radius 3 is 2.12 bits per heavy atom. The van der Waals surface area contributed by atoms with Gasteiger partial charge in [0.2, 0.25) is 0 Å². The van der Waals surface area contributed by atoms with Crippen LogP contribution in [0.15, 0.2) is 60.7 Å². The van der Waals surface area contributed by atoms with Crippen molar-refractivity contribution >= 4 is 22.6 Å². The van der Waals surface area contributed by atoms with Gasteiger partial charge in [0.15, 0.2) is 0 Å². The lowest BCUT2D eigenvalue weighted by molar-refractivity contribution is 0.0845. The van der Waals surface area contributed by atoms with Crippen molar-refractivity contribution in [3.05, 3.63) is 77.6 Å². The van der Waals surface area contributed by atoms with Crippen LogP contribution in [0.3, 0.4) is 0 Å². The van der Waals surface area contributed by atoms with Crippen LogP contribution in [0.2, 0.25) is 0 Å². The van der Waals surface area contributed by atoms with E-state index in [4.69, 9.17) is 4.74 Å². The van der Waals surface area contributed by atoms with E-state index >= 15 is 0 Å². The fourth-order valence-electron chi connectivity index (χ4n) is 2.42. The molecule has 0 aliphatic rings. The van der Waals surface area contributed by atoms with Gasteiger partial charge in [-0.2, -0.15) is 0 Å². The first-order valence-corrected chi connectivity index (χ1v) is 7.51. The van der Waals surface area contributed by atoms with E-state index < -0.39 is 17.6 Å². The molecule has 3 aromatic rings. The first-order valence-electron chi connectivity index (χ1n) is 7.51. The Labute approximate surface area is 143 Å². The van der Waals surface area contributed by atoms with Crippen LogP contribution in [0.25, 0.3) is 10.8 Å². The molecule has 0 unspecified atom stereocenters. The number of ether oxygens (including phenoxy) is 1. The molecule has 0 fully saturated rings. The van der Waals surface area contributed by atoms with Gasteiger partial charge in [0.05, 0.1) is 12.7 Å². The quantitative estimate of drug-likeness (QED) is 0.721. The Kier molecular flexibility index (Phi) is 4.61. The smallest absolute Gasteiger partial charge is 0.273 e. The zero-order valence-electron chi connectivity index (χ0n) is 13.4. The van der Waals surface area contributed by atoms with Crippen molar-refractivity contribution in [3.8, 4) is 5.75 Å². The van der Waals surface area contributed by atoms with Gasteiger partial charge in [-0.1, -0.05) is 24.3 Å². The molecule has 2 amide bonds. The summed E-state index contributed by atoms with van der Waals surface area (Å²) in [5.41, 5.74) is 5.16. The van der Waals surface area contributed by atoms with Crippen LogP contribution in [0.4, 0.5) is 4.39 Å². The summed E-state index contributed by atoms with van der Waals surface area (Å²) in [6.45, 7) is 0. The first-order chi connectivity index (χ1) is 12.1. The molecule has 25 heavy (non-hydrogen) atoms. The minimum atomic E-state index is -0.548. The summed E-state index contributed by atoms with van der Waals surface area (Å²) in [6.07, 6.45) is 0. The lowest BCUT2D eigenvalue weighted by Gasteiger charge is -2.12. The number of carbonyl (C=O) groups is 2. The third-order valence-electron chi connectivity index (χ3n) is 3.71. The number of amides is 2. The monoisotopic (exact) mass is 338 g/mol. The molecule has 0 radical (unpaired) electrons. The number of benzene rings is 3. The maximum Gasteiger partial charge on any atom is 0.273 e. The minimum absolute atomic E-state index is 0.229. The van der Waals surface area contributed by atoms with E-state index in [0.717, 1.165) is 10.8 Å².